The normalized spacial score (nSPS) is 13.0. The number of halogens is 1. The van der Waals surface area contributed by atoms with Crippen molar-refractivity contribution >= 4 is 28.2 Å². The van der Waals surface area contributed by atoms with Gasteiger partial charge in [-0.25, -0.2) is 14.5 Å². The summed E-state index contributed by atoms with van der Waals surface area (Å²) in [6, 6.07) is 7.79. The maximum atomic E-state index is 6.25. The Hall–Kier alpha value is -2.47. The molecule has 0 unspecified atom stereocenters. The minimum absolute atomic E-state index is 0.111. The van der Waals surface area contributed by atoms with E-state index in [1.54, 1.807) is 10.8 Å². The summed E-state index contributed by atoms with van der Waals surface area (Å²) in [5.74, 6) is 0.686. The summed E-state index contributed by atoms with van der Waals surface area (Å²) in [5.41, 5.74) is 3.43. The van der Waals surface area contributed by atoms with Crippen molar-refractivity contribution in [3.63, 3.8) is 0 Å². The van der Waals surface area contributed by atoms with Gasteiger partial charge in [0.2, 0.25) is 0 Å². The van der Waals surface area contributed by atoms with Crippen molar-refractivity contribution in [3.05, 3.63) is 52.8 Å². The topological polar surface area (TPSA) is 60.9 Å². The van der Waals surface area contributed by atoms with Gasteiger partial charge in [-0.05, 0) is 32.9 Å². The van der Waals surface area contributed by atoms with Gasteiger partial charge in [-0.2, -0.15) is 5.10 Å². The average Bonchev–Trinajstić information content (AvgIpc) is 3.11. The maximum absolute atomic E-state index is 6.25. The first-order valence-electron chi connectivity index (χ1n) is 7.37. The molecule has 0 N–H and O–H groups in total. The third-order valence-electron chi connectivity index (χ3n) is 4.08. The highest BCUT2D eigenvalue weighted by Gasteiger charge is 2.20. The summed E-state index contributed by atoms with van der Waals surface area (Å²) < 4.78 is 3.57. The van der Waals surface area contributed by atoms with Crippen LogP contribution < -0.4 is 0 Å². The smallest absolute Gasteiger partial charge is 0.176 e. The van der Waals surface area contributed by atoms with Gasteiger partial charge in [0, 0.05) is 5.39 Å². The standard InChI is InChI=1S/C16H15ClN6/c1-9-14(17)10(2)23(20-9)11(3)15-19-16-12-6-4-5-7-13(12)18-8-22(16)21-15/h4-8,11H,1-3H3/t11-/m1/s1. The van der Waals surface area contributed by atoms with Gasteiger partial charge in [0.15, 0.2) is 11.5 Å². The molecular weight excluding hydrogens is 312 g/mol. The Balaban J connectivity index is 1.88. The van der Waals surface area contributed by atoms with Crippen molar-refractivity contribution in [2.24, 2.45) is 0 Å². The molecule has 0 bridgehead atoms. The van der Waals surface area contributed by atoms with Gasteiger partial charge in [0.1, 0.15) is 12.4 Å². The van der Waals surface area contributed by atoms with Gasteiger partial charge in [-0.15, -0.1) is 5.10 Å². The van der Waals surface area contributed by atoms with Gasteiger partial charge in [0.25, 0.3) is 0 Å². The van der Waals surface area contributed by atoms with Crippen LogP contribution in [0.3, 0.4) is 0 Å². The Kier molecular flexibility index (Phi) is 3.09. The molecule has 3 heterocycles. The highest BCUT2D eigenvalue weighted by atomic mass is 35.5. The fourth-order valence-corrected chi connectivity index (χ4v) is 2.93. The SMILES string of the molecule is Cc1nn([C@H](C)c2nc3c4ccccc4ncn3n2)c(C)c1Cl. The highest BCUT2D eigenvalue weighted by molar-refractivity contribution is 6.31. The maximum Gasteiger partial charge on any atom is 0.176 e. The first kappa shape index (κ1) is 14.1. The molecule has 0 aliphatic rings. The fraction of sp³-hybridized carbons (Fsp3) is 0.250. The summed E-state index contributed by atoms with van der Waals surface area (Å²) >= 11 is 6.25. The van der Waals surface area contributed by atoms with Gasteiger partial charge in [-0.3, -0.25) is 4.68 Å². The number of rotatable bonds is 2. The van der Waals surface area contributed by atoms with Crippen molar-refractivity contribution < 1.29 is 0 Å². The van der Waals surface area contributed by atoms with Crippen LogP contribution >= 0.6 is 11.6 Å². The summed E-state index contributed by atoms with van der Waals surface area (Å²) in [4.78, 5) is 9.11. The monoisotopic (exact) mass is 326 g/mol. The number of benzene rings is 1. The minimum Gasteiger partial charge on any atom is -0.258 e. The van der Waals surface area contributed by atoms with E-state index >= 15 is 0 Å². The van der Waals surface area contributed by atoms with Crippen molar-refractivity contribution in [1.29, 1.82) is 0 Å². The Morgan fingerprint density at radius 1 is 1.13 bits per heavy atom. The first-order chi connectivity index (χ1) is 11.1. The quantitative estimate of drug-likeness (QED) is 0.566. The lowest BCUT2D eigenvalue weighted by Gasteiger charge is -2.10. The third-order valence-corrected chi connectivity index (χ3v) is 4.62. The molecule has 1 atom stereocenters. The molecule has 6 nitrogen and oxygen atoms in total. The van der Waals surface area contributed by atoms with Crippen molar-refractivity contribution in [2.75, 3.05) is 0 Å². The molecule has 1 aromatic carbocycles. The molecule has 0 saturated heterocycles. The molecule has 0 amide bonds. The lowest BCUT2D eigenvalue weighted by molar-refractivity contribution is 0.520. The molecule has 0 aliphatic carbocycles. The van der Waals surface area contributed by atoms with E-state index in [-0.39, 0.29) is 6.04 Å². The average molecular weight is 327 g/mol. The molecule has 0 radical (unpaired) electrons. The molecular formula is C16H15ClN6. The molecule has 3 aromatic heterocycles. The largest absolute Gasteiger partial charge is 0.258 e. The molecule has 0 saturated carbocycles. The van der Waals surface area contributed by atoms with E-state index in [2.05, 4.69) is 15.2 Å². The van der Waals surface area contributed by atoms with Crippen LogP contribution in [0.5, 0.6) is 0 Å². The predicted molar refractivity (Wildman–Crippen MR) is 88.8 cm³/mol. The van der Waals surface area contributed by atoms with E-state index in [0.29, 0.717) is 10.8 Å². The van der Waals surface area contributed by atoms with Crippen LogP contribution in [0.2, 0.25) is 5.02 Å². The Labute approximate surface area is 137 Å². The molecule has 4 aromatic rings. The zero-order valence-corrected chi connectivity index (χ0v) is 13.8. The molecule has 0 fully saturated rings. The zero-order chi connectivity index (χ0) is 16.1. The van der Waals surface area contributed by atoms with E-state index in [1.807, 2.05) is 49.7 Å². The summed E-state index contributed by atoms with van der Waals surface area (Å²) in [5, 5.41) is 10.7. The third kappa shape index (κ3) is 2.09. The second-order valence-electron chi connectivity index (χ2n) is 5.61. The number of hydrogen-bond donors (Lipinski definition) is 0. The van der Waals surface area contributed by atoms with Gasteiger partial charge in [0.05, 0.1) is 21.9 Å². The van der Waals surface area contributed by atoms with E-state index in [9.17, 15) is 0 Å². The summed E-state index contributed by atoms with van der Waals surface area (Å²) in [6.45, 7) is 5.86. The predicted octanol–water partition coefficient (Wildman–Crippen LogP) is 3.35. The van der Waals surface area contributed by atoms with Crippen LogP contribution in [-0.2, 0) is 0 Å². The number of aryl methyl sites for hydroxylation is 1. The van der Waals surface area contributed by atoms with Crippen LogP contribution in [0.4, 0.5) is 0 Å². The van der Waals surface area contributed by atoms with Gasteiger partial charge in [-0.1, -0.05) is 23.7 Å². The molecule has 4 rings (SSSR count). The number of fused-ring (bicyclic) bond motifs is 3. The molecule has 7 heteroatoms. The molecule has 116 valence electrons. The van der Waals surface area contributed by atoms with E-state index in [4.69, 9.17) is 16.6 Å². The number of aromatic nitrogens is 6. The summed E-state index contributed by atoms with van der Waals surface area (Å²) in [7, 11) is 0. The van der Waals surface area contributed by atoms with E-state index in [0.717, 1.165) is 27.9 Å². The first-order valence-corrected chi connectivity index (χ1v) is 7.75. The van der Waals surface area contributed by atoms with Crippen molar-refractivity contribution in [2.45, 2.75) is 26.8 Å². The van der Waals surface area contributed by atoms with E-state index in [1.165, 1.54) is 0 Å². The Morgan fingerprint density at radius 2 is 1.91 bits per heavy atom. The fourth-order valence-electron chi connectivity index (χ4n) is 2.80. The van der Waals surface area contributed by atoms with Crippen LogP contribution in [0, 0.1) is 13.8 Å². The molecule has 0 aliphatic heterocycles. The van der Waals surface area contributed by atoms with Crippen molar-refractivity contribution in [1.82, 2.24) is 29.4 Å². The second kappa shape index (κ2) is 5.03. The number of para-hydroxylation sites is 1. The minimum atomic E-state index is -0.111. The number of nitrogens with zero attached hydrogens (tertiary/aromatic N) is 6. The lowest BCUT2D eigenvalue weighted by Crippen LogP contribution is -2.12. The summed E-state index contributed by atoms with van der Waals surface area (Å²) in [6.07, 6.45) is 1.69. The zero-order valence-electron chi connectivity index (χ0n) is 13.0. The van der Waals surface area contributed by atoms with E-state index < -0.39 is 0 Å². The van der Waals surface area contributed by atoms with Crippen LogP contribution in [-0.4, -0.2) is 29.4 Å². The van der Waals surface area contributed by atoms with Gasteiger partial charge < -0.3 is 0 Å². The van der Waals surface area contributed by atoms with Crippen molar-refractivity contribution in [3.8, 4) is 0 Å². The molecule has 0 spiro atoms. The van der Waals surface area contributed by atoms with Gasteiger partial charge >= 0.3 is 0 Å². The highest BCUT2D eigenvalue weighted by Crippen LogP contribution is 2.25. The Bertz CT molecular complexity index is 1030. The van der Waals surface area contributed by atoms with Crippen LogP contribution in [0.1, 0.15) is 30.2 Å². The Morgan fingerprint density at radius 3 is 2.65 bits per heavy atom. The molecule has 23 heavy (non-hydrogen) atoms. The lowest BCUT2D eigenvalue weighted by atomic mass is 10.2. The van der Waals surface area contributed by atoms with Crippen LogP contribution in [0.25, 0.3) is 16.6 Å². The number of hydrogen-bond acceptors (Lipinski definition) is 4. The second-order valence-corrected chi connectivity index (χ2v) is 5.98. The van der Waals surface area contributed by atoms with Crippen LogP contribution in [0.15, 0.2) is 30.6 Å².